The molecule has 3 aromatic carbocycles. The van der Waals surface area contributed by atoms with Crippen LogP contribution in [0.15, 0.2) is 68.0 Å². The maximum Gasteiger partial charge on any atom is 0.0632 e. The molecule has 0 aliphatic carbocycles. The monoisotopic (exact) mass is 467 g/mol. The molecule has 3 aromatic rings. The number of anilines is 1. The van der Waals surface area contributed by atoms with E-state index in [1.165, 1.54) is 16.3 Å². The number of hydrogen-bond acceptors (Lipinski definition) is 1. The molecule has 1 N–H and O–H groups in total. The molecule has 0 heterocycles. The maximum atomic E-state index is 3.59. The number of nitrogens with one attached hydrogen (secondary N) is 1. The lowest BCUT2D eigenvalue weighted by Crippen LogP contribution is -2.01. The summed E-state index contributed by atoms with van der Waals surface area (Å²) in [5, 5.41) is 6.01. The molecular weight excluding hydrogens is 458 g/mol. The second-order valence-electron chi connectivity index (χ2n) is 4.78. The van der Waals surface area contributed by atoms with Crippen LogP contribution in [0.2, 0.25) is 0 Å². The van der Waals surface area contributed by atoms with Crippen LogP contribution in [0.1, 0.15) is 5.56 Å². The lowest BCUT2D eigenvalue weighted by molar-refractivity contribution is 1.15. The van der Waals surface area contributed by atoms with Crippen molar-refractivity contribution >= 4 is 64.2 Å². The fourth-order valence-corrected chi connectivity index (χ4v) is 4.79. The van der Waals surface area contributed by atoms with E-state index in [-0.39, 0.29) is 0 Å². The Morgan fingerprint density at radius 1 is 0.762 bits per heavy atom. The first-order chi connectivity index (χ1) is 10.1. The minimum absolute atomic E-state index is 0.781. The van der Waals surface area contributed by atoms with E-state index in [2.05, 4.69) is 95.6 Å². The molecule has 21 heavy (non-hydrogen) atoms. The van der Waals surface area contributed by atoms with Crippen LogP contribution in [-0.2, 0) is 6.54 Å². The van der Waals surface area contributed by atoms with Crippen LogP contribution in [0, 0.1) is 0 Å². The molecule has 0 bridgehead atoms. The van der Waals surface area contributed by atoms with E-state index in [0.29, 0.717) is 0 Å². The smallest absolute Gasteiger partial charge is 0.0632 e. The van der Waals surface area contributed by atoms with Gasteiger partial charge in [-0.2, -0.15) is 0 Å². The third-order valence-electron chi connectivity index (χ3n) is 3.29. The zero-order chi connectivity index (χ0) is 14.8. The highest BCUT2D eigenvalue weighted by molar-refractivity contribution is 9.11. The summed E-state index contributed by atoms with van der Waals surface area (Å²) in [6, 6.07) is 19.0. The quantitative estimate of drug-likeness (QED) is 0.448. The average molecular weight is 470 g/mol. The predicted molar refractivity (Wildman–Crippen MR) is 101 cm³/mol. The number of rotatable bonds is 3. The number of fused-ring (bicyclic) bond motifs is 1. The summed E-state index contributed by atoms with van der Waals surface area (Å²) < 4.78 is 3.10. The molecule has 0 radical (unpaired) electrons. The van der Waals surface area contributed by atoms with Crippen LogP contribution in [-0.4, -0.2) is 0 Å². The molecule has 0 saturated carbocycles. The molecule has 0 aliphatic rings. The summed E-state index contributed by atoms with van der Waals surface area (Å²) in [7, 11) is 0. The predicted octanol–water partition coefficient (Wildman–Crippen LogP) is 6.74. The molecule has 3 rings (SSSR count). The summed E-state index contributed by atoms with van der Waals surface area (Å²) in [6.07, 6.45) is 0. The first-order valence-corrected chi connectivity index (χ1v) is 8.87. The summed E-state index contributed by atoms with van der Waals surface area (Å²) in [5.74, 6) is 0. The van der Waals surface area contributed by atoms with Crippen molar-refractivity contribution in [2.75, 3.05) is 5.32 Å². The SMILES string of the molecule is Brc1cc(Br)c(NCc2ccc3ccccc3c2)c(Br)c1. The molecule has 0 fully saturated rings. The maximum absolute atomic E-state index is 3.59. The molecule has 0 spiro atoms. The van der Waals surface area contributed by atoms with E-state index >= 15 is 0 Å². The highest BCUT2D eigenvalue weighted by Crippen LogP contribution is 2.34. The van der Waals surface area contributed by atoms with E-state index in [4.69, 9.17) is 0 Å². The van der Waals surface area contributed by atoms with Gasteiger partial charge in [0.25, 0.3) is 0 Å². The van der Waals surface area contributed by atoms with Gasteiger partial charge in [0.2, 0.25) is 0 Å². The van der Waals surface area contributed by atoms with Gasteiger partial charge in [-0.1, -0.05) is 52.3 Å². The Morgan fingerprint density at radius 3 is 2.14 bits per heavy atom. The number of hydrogen-bond donors (Lipinski definition) is 1. The van der Waals surface area contributed by atoms with Crippen molar-refractivity contribution in [2.24, 2.45) is 0 Å². The van der Waals surface area contributed by atoms with Crippen molar-refractivity contribution in [1.29, 1.82) is 0 Å². The second kappa shape index (κ2) is 6.51. The molecule has 4 heteroatoms. The fourth-order valence-electron chi connectivity index (χ4n) is 2.25. The first-order valence-electron chi connectivity index (χ1n) is 6.49. The van der Waals surface area contributed by atoms with Crippen LogP contribution >= 0.6 is 47.8 Å². The van der Waals surface area contributed by atoms with Gasteiger partial charge >= 0.3 is 0 Å². The van der Waals surface area contributed by atoms with Crippen LogP contribution in [0.4, 0.5) is 5.69 Å². The zero-order valence-electron chi connectivity index (χ0n) is 11.0. The van der Waals surface area contributed by atoms with E-state index < -0.39 is 0 Å². The van der Waals surface area contributed by atoms with Crippen molar-refractivity contribution in [2.45, 2.75) is 6.54 Å². The van der Waals surface area contributed by atoms with E-state index in [0.717, 1.165) is 25.7 Å². The topological polar surface area (TPSA) is 12.0 Å². The van der Waals surface area contributed by atoms with Gasteiger partial charge < -0.3 is 5.32 Å². The Balaban J connectivity index is 1.83. The third kappa shape index (κ3) is 3.50. The van der Waals surface area contributed by atoms with Crippen molar-refractivity contribution in [3.05, 3.63) is 73.6 Å². The van der Waals surface area contributed by atoms with E-state index in [1.54, 1.807) is 0 Å². The third-order valence-corrected chi connectivity index (χ3v) is 5.00. The Hall–Kier alpha value is -0.840. The van der Waals surface area contributed by atoms with Gasteiger partial charge in [-0.15, -0.1) is 0 Å². The molecule has 0 unspecified atom stereocenters. The molecule has 0 aliphatic heterocycles. The van der Waals surface area contributed by atoms with Gasteiger partial charge in [0.15, 0.2) is 0 Å². The first kappa shape index (κ1) is 15.1. The standard InChI is InChI=1S/C17H12Br3N/c18-14-8-15(19)17(16(20)9-14)21-10-11-5-6-12-3-1-2-4-13(12)7-11/h1-9,21H,10H2. The highest BCUT2D eigenvalue weighted by Gasteiger charge is 2.06. The number of benzene rings is 3. The van der Waals surface area contributed by atoms with Gasteiger partial charge in [0.1, 0.15) is 0 Å². The van der Waals surface area contributed by atoms with Gasteiger partial charge in [-0.3, -0.25) is 0 Å². The summed E-state index contributed by atoms with van der Waals surface area (Å²) in [5.41, 5.74) is 2.32. The van der Waals surface area contributed by atoms with Crippen molar-refractivity contribution in [3.63, 3.8) is 0 Å². The minimum atomic E-state index is 0.781. The molecule has 0 atom stereocenters. The van der Waals surface area contributed by atoms with Gasteiger partial charge in [-0.05, 0) is 66.4 Å². The van der Waals surface area contributed by atoms with Crippen LogP contribution < -0.4 is 5.32 Å². The van der Waals surface area contributed by atoms with Crippen LogP contribution in [0.5, 0.6) is 0 Å². The Morgan fingerprint density at radius 2 is 1.43 bits per heavy atom. The molecular formula is C17H12Br3N. The number of halogens is 3. The minimum Gasteiger partial charge on any atom is -0.379 e. The van der Waals surface area contributed by atoms with Gasteiger partial charge in [0, 0.05) is 20.0 Å². The molecule has 0 saturated heterocycles. The van der Waals surface area contributed by atoms with Crippen molar-refractivity contribution in [1.82, 2.24) is 0 Å². The Kier molecular flexibility index (Phi) is 4.67. The zero-order valence-corrected chi connectivity index (χ0v) is 15.8. The van der Waals surface area contributed by atoms with Crippen molar-refractivity contribution in [3.8, 4) is 0 Å². The fraction of sp³-hybridized carbons (Fsp3) is 0.0588. The molecule has 0 aromatic heterocycles. The highest BCUT2D eigenvalue weighted by atomic mass is 79.9. The van der Waals surface area contributed by atoms with Gasteiger partial charge in [-0.25, -0.2) is 0 Å². The molecule has 1 nitrogen and oxygen atoms in total. The molecule has 106 valence electrons. The van der Waals surface area contributed by atoms with Crippen LogP contribution in [0.3, 0.4) is 0 Å². The lowest BCUT2D eigenvalue weighted by atomic mass is 10.1. The second-order valence-corrected chi connectivity index (χ2v) is 7.40. The van der Waals surface area contributed by atoms with E-state index in [9.17, 15) is 0 Å². The normalized spacial score (nSPS) is 10.8. The Labute approximate surface area is 149 Å². The summed E-state index contributed by atoms with van der Waals surface area (Å²) >= 11 is 10.7. The average Bonchev–Trinajstić information content (AvgIpc) is 2.46. The summed E-state index contributed by atoms with van der Waals surface area (Å²) in [4.78, 5) is 0. The van der Waals surface area contributed by atoms with E-state index in [1.807, 2.05) is 12.1 Å². The molecule has 0 amide bonds. The lowest BCUT2D eigenvalue weighted by Gasteiger charge is -2.12. The Bertz CT molecular complexity index is 776. The van der Waals surface area contributed by atoms with Gasteiger partial charge in [0.05, 0.1) is 5.69 Å². The summed E-state index contributed by atoms with van der Waals surface area (Å²) in [6.45, 7) is 0.781. The van der Waals surface area contributed by atoms with Crippen molar-refractivity contribution < 1.29 is 0 Å². The van der Waals surface area contributed by atoms with Crippen LogP contribution in [0.25, 0.3) is 10.8 Å². The largest absolute Gasteiger partial charge is 0.379 e.